The smallest absolute Gasteiger partial charge is 0.263 e. The highest BCUT2D eigenvalue weighted by atomic mass is 79.9. The largest absolute Gasteiger partial charge is 0.324 e. The molecular weight excluding hydrogens is 270 g/mol. The summed E-state index contributed by atoms with van der Waals surface area (Å²) in [5.74, 6) is 0. The lowest BCUT2D eigenvalue weighted by Crippen LogP contribution is -2.29. The van der Waals surface area contributed by atoms with Gasteiger partial charge in [0.1, 0.15) is 0 Å². The van der Waals surface area contributed by atoms with Gasteiger partial charge in [0.05, 0.1) is 22.0 Å². The van der Waals surface area contributed by atoms with Crippen molar-refractivity contribution in [2.45, 2.75) is 6.92 Å². The van der Waals surface area contributed by atoms with Crippen molar-refractivity contribution < 1.29 is 8.42 Å². The molecule has 1 aromatic rings. The number of hydrogen-bond donors (Lipinski definition) is 1. The Kier molecular flexibility index (Phi) is 2.15. The number of hydrogen-bond acceptors (Lipinski definition) is 3. The van der Waals surface area contributed by atoms with Crippen molar-refractivity contribution in [3.8, 4) is 0 Å². The monoisotopic (exact) mass is 277 g/mol. The molecule has 1 aliphatic rings. The number of pyridine rings is 1. The highest BCUT2D eigenvalue weighted by Gasteiger charge is 2.32. The highest BCUT2D eigenvalue weighted by molar-refractivity contribution is 9.10. The molecule has 0 spiro atoms. The van der Waals surface area contributed by atoms with Crippen LogP contribution in [-0.4, -0.2) is 19.9 Å². The molecule has 1 N–H and O–H groups in total. The van der Waals surface area contributed by atoms with Gasteiger partial charge in [-0.2, -0.15) is 8.42 Å². The summed E-state index contributed by atoms with van der Waals surface area (Å²) in [5.41, 5.74) is 1.14. The van der Waals surface area contributed by atoms with Gasteiger partial charge in [-0.15, -0.1) is 0 Å². The van der Waals surface area contributed by atoms with Crippen LogP contribution in [0.3, 0.4) is 0 Å². The van der Waals surface area contributed by atoms with Gasteiger partial charge < -0.3 is 0 Å². The van der Waals surface area contributed by atoms with E-state index in [0.29, 0.717) is 22.4 Å². The van der Waals surface area contributed by atoms with Gasteiger partial charge in [-0.3, -0.25) is 14.0 Å². The molecule has 0 bridgehead atoms. The van der Waals surface area contributed by atoms with Crippen LogP contribution in [0.4, 0.5) is 11.4 Å². The zero-order chi connectivity index (χ0) is 10.3. The van der Waals surface area contributed by atoms with Crippen LogP contribution in [0.5, 0.6) is 0 Å². The Hall–Kier alpha value is -0.820. The molecule has 0 saturated heterocycles. The third-order valence-electron chi connectivity index (χ3n) is 1.96. The number of fused-ring (bicyclic) bond motifs is 1. The fourth-order valence-corrected chi connectivity index (χ4v) is 3.24. The van der Waals surface area contributed by atoms with Gasteiger partial charge in [-0.05, 0) is 22.9 Å². The average molecular weight is 278 g/mol. The predicted molar refractivity (Wildman–Crippen MR) is 57.5 cm³/mol. The lowest BCUT2D eigenvalue weighted by atomic mass is 10.3. The van der Waals surface area contributed by atoms with Gasteiger partial charge in [0, 0.05) is 12.7 Å². The first-order valence-electron chi connectivity index (χ1n) is 4.00. The highest BCUT2D eigenvalue weighted by Crippen LogP contribution is 2.39. The lowest BCUT2D eigenvalue weighted by molar-refractivity contribution is 0.599. The molecule has 0 aromatic carbocycles. The molecule has 2 heterocycles. The van der Waals surface area contributed by atoms with Crippen LogP contribution in [0.1, 0.15) is 6.92 Å². The first kappa shape index (κ1) is 9.72. The molecule has 0 aliphatic carbocycles. The fourth-order valence-electron chi connectivity index (χ4n) is 1.37. The van der Waals surface area contributed by atoms with Gasteiger partial charge in [0.2, 0.25) is 0 Å². The van der Waals surface area contributed by atoms with E-state index in [-0.39, 0.29) is 0 Å². The zero-order valence-corrected chi connectivity index (χ0v) is 9.76. The summed E-state index contributed by atoms with van der Waals surface area (Å²) in [6.07, 6.45) is 3.08. The number of anilines is 2. The van der Waals surface area contributed by atoms with Crippen LogP contribution in [0.15, 0.2) is 16.9 Å². The molecule has 0 fully saturated rings. The minimum absolute atomic E-state index is 0.389. The van der Waals surface area contributed by atoms with Crippen LogP contribution in [0.2, 0.25) is 0 Å². The first-order chi connectivity index (χ1) is 6.56. The van der Waals surface area contributed by atoms with Crippen LogP contribution in [0.25, 0.3) is 0 Å². The maximum absolute atomic E-state index is 11.6. The van der Waals surface area contributed by atoms with Gasteiger partial charge >= 0.3 is 10.2 Å². The number of halogens is 1. The van der Waals surface area contributed by atoms with Crippen molar-refractivity contribution in [1.82, 2.24) is 4.98 Å². The maximum Gasteiger partial charge on any atom is 0.324 e. The maximum atomic E-state index is 11.6. The Bertz CT molecular complexity index is 474. The van der Waals surface area contributed by atoms with Crippen molar-refractivity contribution in [3.05, 3.63) is 16.9 Å². The standard InChI is InChI=1S/C7H8BrN3O2S/c1-2-11-6-4-9-3-5(8)7(6)10-14(11,12)13/h3-4,10H,2H2,1H3. The Morgan fingerprint density at radius 3 is 2.93 bits per heavy atom. The fraction of sp³-hybridized carbons (Fsp3) is 0.286. The second-order valence-electron chi connectivity index (χ2n) is 2.79. The summed E-state index contributed by atoms with van der Waals surface area (Å²) in [7, 11) is -3.41. The summed E-state index contributed by atoms with van der Waals surface area (Å²) < 4.78 is 27.5. The van der Waals surface area contributed by atoms with E-state index in [1.165, 1.54) is 10.5 Å². The lowest BCUT2D eigenvalue weighted by Gasteiger charge is -2.12. The molecule has 0 radical (unpaired) electrons. The van der Waals surface area contributed by atoms with Gasteiger partial charge in [-0.25, -0.2) is 0 Å². The molecule has 0 atom stereocenters. The SMILES string of the molecule is CCN1c2cncc(Br)c2NS1(=O)=O. The van der Waals surface area contributed by atoms with Crippen molar-refractivity contribution in [3.63, 3.8) is 0 Å². The topological polar surface area (TPSA) is 62.3 Å². The van der Waals surface area contributed by atoms with Crippen LogP contribution >= 0.6 is 15.9 Å². The normalized spacial score (nSPS) is 17.7. The number of rotatable bonds is 1. The van der Waals surface area contributed by atoms with Crippen LogP contribution < -0.4 is 9.03 Å². The van der Waals surface area contributed by atoms with E-state index in [1.54, 1.807) is 13.1 Å². The summed E-state index contributed by atoms with van der Waals surface area (Å²) >= 11 is 3.24. The van der Waals surface area contributed by atoms with Gasteiger partial charge in [0.25, 0.3) is 0 Å². The minimum atomic E-state index is -3.41. The average Bonchev–Trinajstić information content (AvgIpc) is 2.37. The Balaban J connectivity index is 2.65. The molecule has 0 unspecified atom stereocenters. The number of nitrogens with zero attached hydrogens (tertiary/aromatic N) is 2. The predicted octanol–water partition coefficient (Wildman–Crippen LogP) is 1.34. The van der Waals surface area contributed by atoms with Crippen molar-refractivity contribution in [1.29, 1.82) is 0 Å². The van der Waals surface area contributed by atoms with E-state index in [4.69, 9.17) is 0 Å². The molecule has 5 nitrogen and oxygen atoms in total. The quantitative estimate of drug-likeness (QED) is 0.843. The van der Waals surface area contributed by atoms with E-state index in [9.17, 15) is 8.42 Å². The Morgan fingerprint density at radius 1 is 1.57 bits per heavy atom. The molecule has 1 aliphatic heterocycles. The van der Waals surface area contributed by atoms with E-state index in [2.05, 4.69) is 25.6 Å². The van der Waals surface area contributed by atoms with Crippen molar-refractivity contribution in [2.75, 3.05) is 15.6 Å². The molecule has 0 saturated carbocycles. The molecule has 14 heavy (non-hydrogen) atoms. The Labute approximate surface area is 90.4 Å². The minimum Gasteiger partial charge on any atom is -0.263 e. The molecule has 2 rings (SSSR count). The summed E-state index contributed by atoms with van der Waals surface area (Å²) in [4.78, 5) is 3.93. The molecular formula is C7H8BrN3O2S. The molecule has 1 aromatic heterocycles. The van der Waals surface area contributed by atoms with Crippen LogP contribution in [-0.2, 0) is 10.2 Å². The summed E-state index contributed by atoms with van der Waals surface area (Å²) in [6, 6.07) is 0. The van der Waals surface area contributed by atoms with E-state index in [1.807, 2.05) is 0 Å². The zero-order valence-electron chi connectivity index (χ0n) is 7.36. The Morgan fingerprint density at radius 2 is 2.29 bits per heavy atom. The first-order valence-corrected chi connectivity index (χ1v) is 6.23. The number of aromatic nitrogens is 1. The second kappa shape index (κ2) is 3.09. The molecule has 76 valence electrons. The third-order valence-corrected chi connectivity index (χ3v) is 4.06. The van der Waals surface area contributed by atoms with Gasteiger partial charge in [0.15, 0.2) is 0 Å². The van der Waals surface area contributed by atoms with E-state index < -0.39 is 10.2 Å². The second-order valence-corrected chi connectivity index (χ2v) is 5.24. The van der Waals surface area contributed by atoms with Crippen LogP contribution in [0, 0.1) is 0 Å². The van der Waals surface area contributed by atoms with Crippen molar-refractivity contribution >= 4 is 37.5 Å². The van der Waals surface area contributed by atoms with Gasteiger partial charge in [-0.1, -0.05) is 0 Å². The molecule has 0 amide bonds. The molecule has 7 heteroatoms. The summed E-state index contributed by atoms with van der Waals surface area (Å²) in [5, 5.41) is 0. The van der Waals surface area contributed by atoms with E-state index >= 15 is 0 Å². The van der Waals surface area contributed by atoms with E-state index in [0.717, 1.165) is 0 Å². The third kappa shape index (κ3) is 1.27. The number of nitrogens with one attached hydrogen (secondary N) is 1. The van der Waals surface area contributed by atoms with Crippen molar-refractivity contribution in [2.24, 2.45) is 0 Å². The summed E-state index contributed by atoms with van der Waals surface area (Å²) in [6.45, 7) is 2.16.